The Morgan fingerprint density at radius 2 is 2.14 bits per heavy atom. The number of likely N-dealkylation sites (tertiary alicyclic amines) is 1. The molecule has 120 valence electrons. The first-order valence-electron chi connectivity index (χ1n) is 8.27. The predicted octanol–water partition coefficient (Wildman–Crippen LogP) is 1.34. The number of ether oxygens (including phenoxy) is 1. The summed E-state index contributed by atoms with van der Waals surface area (Å²) in [6.45, 7) is 4.22. The fraction of sp³-hybridized carbons (Fsp3) is 0.750. The van der Waals surface area contributed by atoms with Crippen molar-refractivity contribution in [1.82, 2.24) is 15.0 Å². The van der Waals surface area contributed by atoms with Gasteiger partial charge in [-0.25, -0.2) is 0 Å². The van der Waals surface area contributed by atoms with Crippen LogP contribution in [0.4, 0.5) is 0 Å². The fourth-order valence-corrected chi connectivity index (χ4v) is 3.51. The van der Waals surface area contributed by atoms with Crippen LogP contribution in [0, 0.1) is 5.92 Å². The zero-order valence-corrected chi connectivity index (χ0v) is 13.0. The highest BCUT2D eigenvalue weighted by molar-refractivity contribution is 5.92. The van der Waals surface area contributed by atoms with Gasteiger partial charge < -0.3 is 19.1 Å². The first kappa shape index (κ1) is 14.2. The van der Waals surface area contributed by atoms with E-state index in [0.29, 0.717) is 24.1 Å². The lowest BCUT2D eigenvalue weighted by Crippen LogP contribution is -2.49. The third-order valence-electron chi connectivity index (χ3n) is 5.06. The van der Waals surface area contributed by atoms with Crippen LogP contribution in [0.5, 0.6) is 0 Å². The average Bonchev–Trinajstić information content (AvgIpc) is 3.28. The van der Waals surface area contributed by atoms with E-state index in [9.17, 15) is 4.79 Å². The summed E-state index contributed by atoms with van der Waals surface area (Å²) < 4.78 is 11.3. The van der Waals surface area contributed by atoms with Crippen molar-refractivity contribution < 1.29 is 14.1 Å². The number of carbonyl (C=O) groups is 1. The maximum Gasteiger partial charge on any atom is 0.276 e. The minimum Gasteiger partial charge on any atom is -0.375 e. The standard InChI is InChI=1S/C16H23N3O3/c1-18-6-7-21-15-10-19(5-4-12(15)9-18)16(20)13-8-14(22-17-13)11-2-3-11/h8,11-12,15H,2-7,9-10H2,1H3/t12-,15-/m1/s1. The summed E-state index contributed by atoms with van der Waals surface area (Å²) in [5.41, 5.74) is 0.450. The van der Waals surface area contributed by atoms with Crippen LogP contribution in [0.2, 0.25) is 0 Å². The average molecular weight is 305 g/mol. The van der Waals surface area contributed by atoms with E-state index in [1.165, 1.54) is 0 Å². The number of amides is 1. The molecule has 1 saturated carbocycles. The summed E-state index contributed by atoms with van der Waals surface area (Å²) >= 11 is 0. The summed E-state index contributed by atoms with van der Waals surface area (Å²) in [6.07, 6.45) is 3.45. The molecule has 2 saturated heterocycles. The number of piperidine rings is 1. The molecule has 3 heterocycles. The Bertz CT molecular complexity index is 555. The summed E-state index contributed by atoms with van der Waals surface area (Å²) in [5, 5.41) is 3.97. The van der Waals surface area contributed by atoms with Crippen molar-refractivity contribution in [1.29, 1.82) is 0 Å². The Morgan fingerprint density at radius 1 is 1.27 bits per heavy atom. The maximum absolute atomic E-state index is 12.6. The van der Waals surface area contributed by atoms with E-state index in [0.717, 1.165) is 51.3 Å². The van der Waals surface area contributed by atoms with Gasteiger partial charge in [-0.1, -0.05) is 5.16 Å². The van der Waals surface area contributed by atoms with E-state index in [-0.39, 0.29) is 12.0 Å². The van der Waals surface area contributed by atoms with Crippen molar-refractivity contribution in [2.45, 2.75) is 31.3 Å². The number of carbonyl (C=O) groups excluding carboxylic acids is 1. The Kier molecular flexibility index (Phi) is 3.66. The first-order valence-corrected chi connectivity index (χ1v) is 8.27. The van der Waals surface area contributed by atoms with Crippen LogP contribution in [0.25, 0.3) is 0 Å². The van der Waals surface area contributed by atoms with Crippen LogP contribution in [0.15, 0.2) is 10.6 Å². The smallest absolute Gasteiger partial charge is 0.276 e. The van der Waals surface area contributed by atoms with Crippen molar-refractivity contribution in [3.8, 4) is 0 Å². The Balaban J connectivity index is 1.43. The topological polar surface area (TPSA) is 58.8 Å². The lowest BCUT2D eigenvalue weighted by molar-refractivity contribution is -0.0173. The van der Waals surface area contributed by atoms with E-state index in [1.807, 2.05) is 11.0 Å². The fourth-order valence-electron chi connectivity index (χ4n) is 3.51. The molecule has 6 heteroatoms. The normalized spacial score (nSPS) is 30.0. The van der Waals surface area contributed by atoms with Crippen molar-refractivity contribution in [2.75, 3.05) is 39.8 Å². The lowest BCUT2D eigenvalue weighted by atomic mass is 9.93. The highest BCUT2D eigenvalue weighted by Crippen LogP contribution is 2.40. The number of aromatic nitrogens is 1. The first-order chi connectivity index (χ1) is 10.7. The Morgan fingerprint density at radius 3 is 2.95 bits per heavy atom. The minimum atomic E-state index is -0.0182. The molecule has 1 amide bonds. The van der Waals surface area contributed by atoms with Crippen molar-refractivity contribution >= 4 is 5.91 Å². The van der Waals surface area contributed by atoms with E-state index < -0.39 is 0 Å². The SMILES string of the molecule is CN1CCO[C@@H]2CN(C(=O)c3cc(C4CC4)on3)CC[C@@H]2C1. The Hall–Kier alpha value is -1.40. The summed E-state index contributed by atoms with van der Waals surface area (Å²) in [5.74, 6) is 1.86. The molecule has 3 fully saturated rings. The molecule has 0 aromatic carbocycles. The monoisotopic (exact) mass is 305 g/mol. The van der Waals surface area contributed by atoms with Crippen molar-refractivity contribution in [2.24, 2.45) is 5.92 Å². The molecule has 1 aromatic rings. The van der Waals surface area contributed by atoms with E-state index >= 15 is 0 Å². The van der Waals surface area contributed by atoms with Gasteiger partial charge in [0.1, 0.15) is 5.76 Å². The number of hydrogen-bond acceptors (Lipinski definition) is 5. The molecule has 1 aliphatic carbocycles. The molecule has 22 heavy (non-hydrogen) atoms. The molecule has 0 radical (unpaired) electrons. The molecule has 0 N–H and O–H groups in total. The van der Waals surface area contributed by atoms with Gasteiger partial charge in [-0.2, -0.15) is 0 Å². The van der Waals surface area contributed by atoms with Crippen LogP contribution in [-0.4, -0.2) is 66.8 Å². The number of likely N-dealkylation sites (N-methyl/N-ethyl adjacent to an activating group) is 1. The van der Waals surface area contributed by atoms with Gasteiger partial charge in [0.05, 0.1) is 12.7 Å². The van der Waals surface area contributed by atoms with E-state index in [1.54, 1.807) is 0 Å². The van der Waals surface area contributed by atoms with Gasteiger partial charge in [0.25, 0.3) is 5.91 Å². The van der Waals surface area contributed by atoms with Gasteiger partial charge in [0, 0.05) is 44.1 Å². The number of fused-ring (bicyclic) bond motifs is 1. The summed E-state index contributed by atoms with van der Waals surface area (Å²) in [6, 6.07) is 1.83. The second-order valence-electron chi connectivity index (χ2n) is 6.86. The summed E-state index contributed by atoms with van der Waals surface area (Å²) in [4.78, 5) is 16.8. The van der Waals surface area contributed by atoms with Crippen LogP contribution in [0.3, 0.4) is 0 Å². The highest BCUT2D eigenvalue weighted by Gasteiger charge is 2.36. The molecular formula is C16H23N3O3. The second kappa shape index (κ2) is 5.66. The molecule has 4 rings (SSSR count). The zero-order valence-electron chi connectivity index (χ0n) is 13.0. The molecule has 0 spiro atoms. The summed E-state index contributed by atoms with van der Waals surface area (Å²) in [7, 11) is 2.14. The molecule has 0 bridgehead atoms. The molecule has 6 nitrogen and oxygen atoms in total. The van der Waals surface area contributed by atoms with Gasteiger partial charge in [-0.05, 0) is 26.3 Å². The van der Waals surface area contributed by atoms with Crippen molar-refractivity contribution in [3.05, 3.63) is 17.5 Å². The van der Waals surface area contributed by atoms with Crippen molar-refractivity contribution in [3.63, 3.8) is 0 Å². The van der Waals surface area contributed by atoms with Gasteiger partial charge in [-0.15, -0.1) is 0 Å². The number of rotatable bonds is 2. The van der Waals surface area contributed by atoms with E-state index in [4.69, 9.17) is 9.26 Å². The molecule has 1 aromatic heterocycles. The maximum atomic E-state index is 12.6. The van der Waals surface area contributed by atoms with Gasteiger partial charge in [-0.3, -0.25) is 4.79 Å². The number of hydrogen-bond donors (Lipinski definition) is 0. The molecular weight excluding hydrogens is 282 g/mol. The highest BCUT2D eigenvalue weighted by atomic mass is 16.5. The molecule has 2 atom stereocenters. The molecule has 0 unspecified atom stereocenters. The third-order valence-corrected chi connectivity index (χ3v) is 5.06. The second-order valence-corrected chi connectivity index (χ2v) is 6.86. The van der Waals surface area contributed by atoms with Gasteiger partial charge in [0.2, 0.25) is 0 Å². The van der Waals surface area contributed by atoms with E-state index in [2.05, 4.69) is 17.1 Å². The van der Waals surface area contributed by atoms with Crippen LogP contribution >= 0.6 is 0 Å². The predicted molar refractivity (Wildman–Crippen MR) is 79.7 cm³/mol. The molecule has 2 aliphatic heterocycles. The molecule has 3 aliphatic rings. The van der Waals surface area contributed by atoms with Crippen LogP contribution < -0.4 is 0 Å². The van der Waals surface area contributed by atoms with Crippen LogP contribution in [-0.2, 0) is 4.74 Å². The third kappa shape index (κ3) is 2.77. The van der Waals surface area contributed by atoms with Gasteiger partial charge >= 0.3 is 0 Å². The zero-order chi connectivity index (χ0) is 15.1. The lowest BCUT2D eigenvalue weighted by Gasteiger charge is -2.37. The minimum absolute atomic E-state index is 0.0182. The Labute approximate surface area is 130 Å². The largest absolute Gasteiger partial charge is 0.375 e. The van der Waals surface area contributed by atoms with Crippen LogP contribution in [0.1, 0.15) is 41.4 Å². The van der Waals surface area contributed by atoms with Gasteiger partial charge in [0.15, 0.2) is 5.69 Å². The quantitative estimate of drug-likeness (QED) is 0.825. The number of nitrogens with zero attached hydrogens (tertiary/aromatic N) is 3.